The smallest absolute Gasteiger partial charge is 0.508 e. The number of rotatable bonds is 5. The Kier molecular flexibility index (Phi) is 4.76. The summed E-state index contributed by atoms with van der Waals surface area (Å²) in [5, 5.41) is 19.7. The zero-order chi connectivity index (χ0) is 16.3. The van der Waals surface area contributed by atoms with Crippen LogP contribution in [0.3, 0.4) is 0 Å². The lowest BCUT2D eigenvalue weighted by molar-refractivity contribution is 0.281. The summed E-state index contributed by atoms with van der Waals surface area (Å²) in [7, 11) is -4.75. The molecule has 0 heterocycles. The molecule has 0 amide bonds. The number of phosphoric acid groups is 1. The van der Waals surface area contributed by atoms with Gasteiger partial charge < -0.3 is 14.7 Å². The number of phenolic OH excluding ortho intramolecular Hbond substituents is 2. The lowest BCUT2D eigenvalue weighted by Gasteiger charge is -2.21. The minimum atomic E-state index is -4.75. The number of aromatic hydroxyl groups is 2. The molecule has 0 aliphatic rings. The van der Waals surface area contributed by atoms with E-state index in [9.17, 15) is 14.8 Å². The number of phosphoric ester groups is 1. The van der Waals surface area contributed by atoms with Crippen LogP contribution in [0.4, 0.5) is 0 Å². The fraction of sp³-hybridized carbons (Fsp3) is 0.200. The van der Waals surface area contributed by atoms with E-state index in [1.807, 2.05) is 6.92 Å². The molecule has 1 atom stereocenters. The first-order chi connectivity index (χ1) is 10.3. The van der Waals surface area contributed by atoms with Crippen LogP contribution < -0.4 is 4.52 Å². The quantitative estimate of drug-likeness (QED) is 0.630. The Morgan fingerprint density at radius 2 is 1.82 bits per heavy atom. The number of hydrogen-bond acceptors (Lipinski definition) is 4. The van der Waals surface area contributed by atoms with E-state index in [4.69, 9.17) is 14.3 Å². The maximum atomic E-state index is 11.1. The lowest BCUT2D eigenvalue weighted by Crippen LogP contribution is -2.04. The maximum Gasteiger partial charge on any atom is 0.524 e. The second kappa shape index (κ2) is 6.40. The van der Waals surface area contributed by atoms with Gasteiger partial charge in [0.15, 0.2) is 0 Å². The molecule has 0 bridgehead atoms. The van der Waals surface area contributed by atoms with Crippen molar-refractivity contribution in [2.75, 3.05) is 0 Å². The predicted molar refractivity (Wildman–Crippen MR) is 81.0 cm³/mol. The van der Waals surface area contributed by atoms with Crippen molar-refractivity contribution in [3.8, 4) is 17.2 Å². The maximum absolute atomic E-state index is 11.1. The summed E-state index contributed by atoms with van der Waals surface area (Å²) in [6, 6.07) is 10.8. The SMILES string of the molecule is CCC(c1cccc(O)c1)c1c(O)cccc1OP(=O)(O)O. The zero-order valence-electron chi connectivity index (χ0n) is 11.9. The highest BCUT2D eigenvalue weighted by Crippen LogP contribution is 2.46. The topological polar surface area (TPSA) is 107 Å². The van der Waals surface area contributed by atoms with Crippen LogP contribution in [0.2, 0.25) is 0 Å². The van der Waals surface area contributed by atoms with Crippen molar-refractivity contribution in [1.29, 1.82) is 0 Å². The van der Waals surface area contributed by atoms with Crippen LogP contribution in [0.15, 0.2) is 42.5 Å². The highest BCUT2D eigenvalue weighted by molar-refractivity contribution is 7.46. The molecule has 6 nitrogen and oxygen atoms in total. The molecule has 0 aliphatic carbocycles. The van der Waals surface area contributed by atoms with Crippen molar-refractivity contribution in [3.63, 3.8) is 0 Å². The molecule has 0 spiro atoms. The number of hydrogen-bond donors (Lipinski definition) is 4. The van der Waals surface area contributed by atoms with E-state index < -0.39 is 7.82 Å². The van der Waals surface area contributed by atoms with E-state index in [1.165, 1.54) is 24.3 Å². The first-order valence-corrected chi connectivity index (χ1v) is 8.20. The van der Waals surface area contributed by atoms with Crippen LogP contribution in [-0.2, 0) is 4.57 Å². The van der Waals surface area contributed by atoms with E-state index in [0.29, 0.717) is 12.0 Å². The van der Waals surface area contributed by atoms with Gasteiger partial charge in [-0.2, -0.15) is 0 Å². The third-order valence-electron chi connectivity index (χ3n) is 3.29. The molecule has 2 aromatic carbocycles. The van der Waals surface area contributed by atoms with Gasteiger partial charge in [-0.3, -0.25) is 9.79 Å². The standard InChI is InChI=1S/C15H17O6P/c1-2-12(10-5-3-6-11(16)9-10)15-13(17)7-4-8-14(15)21-22(18,19)20/h3-9,12,16-17H,2H2,1H3,(H2,18,19,20). The molecule has 22 heavy (non-hydrogen) atoms. The van der Waals surface area contributed by atoms with Crippen LogP contribution in [0.5, 0.6) is 17.2 Å². The van der Waals surface area contributed by atoms with Crippen LogP contribution >= 0.6 is 7.82 Å². The van der Waals surface area contributed by atoms with Gasteiger partial charge in [-0.15, -0.1) is 0 Å². The molecule has 2 aromatic rings. The Hall–Kier alpha value is -2.01. The van der Waals surface area contributed by atoms with Crippen LogP contribution in [-0.4, -0.2) is 20.0 Å². The normalized spacial score (nSPS) is 12.9. The summed E-state index contributed by atoms with van der Waals surface area (Å²) in [5.74, 6) is -0.511. The highest BCUT2D eigenvalue weighted by atomic mass is 31.2. The van der Waals surface area contributed by atoms with Crippen LogP contribution in [0.25, 0.3) is 0 Å². The third kappa shape index (κ3) is 3.80. The molecule has 0 radical (unpaired) electrons. The highest BCUT2D eigenvalue weighted by Gasteiger charge is 2.25. The van der Waals surface area contributed by atoms with Crippen molar-refractivity contribution < 1.29 is 29.1 Å². The Morgan fingerprint density at radius 3 is 2.41 bits per heavy atom. The summed E-state index contributed by atoms with van der Waals surface area (Å²) in [4.78, 5) is 18.0. The van der Waals surface area contributed by atoms with Crippen molar-refractivity contribution in [3.05, 3.63) is 53.6 Å². The molecule has 4 N–H and O–H groups in total. The van der Waals surface area contributed by atoms with E-state index >= 15 is 0 Å². The first kappa shape index (κ1) is 16.4. The Balaban J connectivity index is 2.55. The molecule has 0 saturated heterocycles. The van der Waals surface area contributed by atoms with Gasteiger partial charge in [0.2, 0.25) is 0 Å². The summed E-state index contributed by atoms with van der Waals surface area (Å²) in [6.07, 6.45) is 0.540. The van der Waals surface area contributed by atoms with Gasteiger partial charge in [-0.05, 0) is 36.2 Å². The first-order valence-electron chi connectivity index (χ1n) is 6.67. The fourth-order valence-electron chi connectivity index (χ4n) is 2.44. The predicted octanol–water partition coefficient (Wildman–Crippen LogP) is 3.11. The Labute approximate surface area is 127 Å². The molecule has 0 fully saturated rings. The third-order valence-corrected chi connectivity index (χ3v) is 3.72. The molecular weight excluding hydrogens is 307 g/mol. The van der Waals surface area contributed by atoms with E-state index in [2.05, 4.69) is 0 Å². The summed E-state index contributed by atoms with van der Waals surface area (Å²) in [6.45, 7) is 1.86. The lowest BCUT2D eigenvalue weighted by atomic mass is 9.88. The average molecular weight is 324 g/mol. The largest absolute Gasteiger partial charge is 0.524 e. The summed E-state index contributed by atoms with van der Waals surface area (Å²) >= 11 is 0. The summed E-state index contributed by atoms with van der Waals surface area (Å²) < 4.78 is 15.8. The molecule has 0 aliphatic heterocycles. The van der Waals surface area contributed by atoms with Gasteiger partial charge in [-0.1, -0.05) is 25.1 Å². The second-order valence-electron chi connectivity index (χ2n) is 4.83. The average Bonchev–Trinajstić information content (AvgIpc) is 2.41. The van der Waals surface area contributed by atoms with E-state index in [0.717, 1.165) is 0 Å². The van der Waals surface area contributed by atoms with Gasteiger partial charge in [0.1, 0.15) is 17.2 Å². The molecule has 0 saturated carbocycles. The Morgan fingerprint density at radius 1 is 1.14 bits per heavy atom. The van der Waals surface area contributed by atoms with Gasteiger partial charge >= 0.3 is 7.82 Å². The van der Waals surface area contributed by atoms with E-state index in [1.54, 1.807) is 18.2 Å². The monoisotopic (exact) mass is 324 g/mol. The zero-order valence-corrected chi connectivity index (χ0v) is 12.8. The molecule has 1 unspecified atom stereocenters. The van der Waals surface area contributed by atoms with Gasteiger partial charge in [0.05, 0.1) is 0 Å². The number of phenols is 2. The minimum Gasteiger partial charge on any atom is -0.508 e. The van der Waals surface area contributed by atoms with Gasteiger partial charge in [0.25, 0.3) is 0 Å². The van der Waals surface area contributed by atoms with Crippen LogP contribution in [0, 0.1) is 0 Å². The van der Waals surface area contributed by atoms with E-state index in [-0.39, 0.29) is 28.7 Å². The molecule has 118 valence electrons. The molecule has 0 aromatic heterocycles. The molecule has 2 rings (SSSR count). The van der Waals surface area contributed by atoms with Crippen LogP contribution in [0.1, 0.15) is 30.4 Å². The number of benzene rings is 2. The van der Waals surface area contributed by atoms with Gasteiger partial charge in [-0.25, -0.2) is 4.57 Å². The van der Waals surface area contributed by atoms with Gasteiger partial charge in [0, 0.05) is 11.5 Å². The molecular formula is C15H17O6P. The van der Waals surface area contributed by atoms with Crippen molar-refractivity contribution in [2.45, 2.75) is 19.3 Å². The fourth-order valence-corrected chi connectivity index (χ4v) is 2.85. The van der Waals surface area contributed by atoms with Crippen molar-refractivity contribution in [2.24, 2.45) is 0 Å². The summed E-state index contributed by atoms with van der Waals surface area (Å²) in [5.41, 5.74) is 0.985. The van der Waals surface area contributed by atoms with Crippen molar-refractivity contribution in [1.82, 2.24) is 0 Å². The second-order valence-corrected chi connectivity index (χ2v) is 5.99. The molecule has 7 heteroatoms. The minimum absolute atomic E-state index is 0.0730. The Bertz CT molecular complexity index is 709. The van der Waals surface area contributed by atoms with Crippen molar-refractivity contribution >= 4 is 7.82 Å².